The normalized spacial score (nSPS) is 18.1. The Morgan fingerprint density at radius 3 is 2.67 bits per heavy atom. The number of aromatic hydroxyl groups is 1. The smallest absolute Gasteiger partial charge is 0.115 e. The van der Waals surface area contributed by atoms with Crippen LogP contribution in [0.4, 0.5) is 4.39 Å². The minimum Gasteiger partial charge on any atom is -0.508 e. The van der Waals surface area contributed by atoms with Gasteiger partial charge in [-0.3, -0.25) is 4.90 Å². The standard InChI is InChI=1S/C12H16BrFN2O.ClH/c13-11-2-1-9(17)7-10(11)12(8-14)16-5-3-15-4-6-16;/h1-2,7,12,15,17H,3-6,8H2;1H/t12-;/m0./s1. The van der Waals surface area contributed by atoms with Gasteiger partial charge in [0.15, 0.2) is 0 Å². The summed E-state index contributed by atoms with van der Waals surface area (Å²) in [5, 5.41) is 12.8. The van der Waals surface area contributed by atoms with E-state index < -0.39 is 6.67 Å². The largest absolute Gasteiger partial charge is 0.508 e. The predicted molar refractivity (Wildman–Crippen MR) is 76.2 cm³/mol. The Labute approximate surface area is 121 Å². The van der Waals surface area contributed by atoms with Gasteiger partial charge in [-0.2, -0.15) is 0 Å². The highest BCUT2D eigenvalue weighted by Crippen LogP contribution is 2.31. The van der Waals surface area contributed by atoms with Crippen molar-refractivity contribution in [1.82, 2.24) is 10.2 Å². The van der Waals surface area contributed by atoms with Crippen molar-refractivity contribution in [1.29, 1.82) is 0 Å². The number of nitrogens with zero attached hydrogens (tertiary/aromatic N) is 1. The molecule has 1 saturated heterocycles. The van der Waals surface area contributed by atoms with Crippen molar-refractivity contribution in [3.05, 3.63) is 28.2 Å². The lowest BCUT2D eigenvalue weighted by Crippen LogP contribution is -2.45. The summed E-state index contributed by atoms with van der Waals surface area (Å²) < 4.78 is 14.1. The van der Waals surface area contributed by atoms with Crippen LogP contribution in [0, 0.1) is 0 Å². The van der Waals surface area contributed by atoms with E-state index in [2.05, 4.69) is 26.1 Å². The van der Waals surface area contributed by atoms with Gasteiger partial charge in [-0.1, -0.05) is 15.9 Å². The fourth-order valence-corrected chi connectivity index (χ4v) is 2.67. The molecule has 3 nitrogen and oxygen atoms in total. The zero-order valence-electron chi connectivity index (χ0n) is 9.90. The molecule has 1 atom stereocenters. The van der Waals surface area contributed by atoms with Crippen LogP contribution in [0.1, 0.15) is 11.6 Å². The lowest BCUT2D eigenvalue weighted by Gasteiger charge is -2.34. The van der Waals surface area contributed by atoms with Gasteiger partial charge in [0, 0.05) is 30.7 Å². The summed E-state index contributed by atoms with van der Waals surface area (Å²) in [5.74, 6) is 0.178. The van der Waals surface area contributed by atoms with Crippen molar-refractivity contribution in [3.63, 3.8) is 0 Å². The molecule has 0 amide bonds. The number of hydrogen-bond donors (Lipinski definition) is 2. The molecule has 0 aliphatic carbocycles. The monoisotopic (exact) mass is 338 g/mol. The van der Waals surface area contributed by atoms with Crippen LogP contribution in [0.15, 0.2) is 22.7 Å². The van der Waals surface area contributed by atoms with Crippen molar-refractivity contribution in [2.75, 3.05) is 32.9 Å². The molecule has 1 aliphatic heterocycles. The van der Waals surface area contributed by atoms with Gasteiger partial charge in [0.2, 0.25) is 0 Å². The van der Waals surface area contributed by atoms with Crippen LogP contribution in [0.25, 0.3) is 0 Å². The van der Waals surface area contributed by atoms with Gasteiger partial charge in [-0.05, 0) is 23.8 Å². The van der Waals surface area contributed by atoms with E-state index in [1.54, 1.807) is 18.2 Å². The Balaban J connectivity index is 0.00000162. The Kier molecular flexibility index (Phi) is 6.35. The van der Waals surface area contributed by atoms with Gasteiger partial charge in [-0.15, -0.1) is 12.4 Å². The van der Waals surface area contributed by atoms with Crippen LogP contribution >= 0.6 is 28.3 Å². The van der Waals surface area contributed by atoms with Gasteiger partial charge in [0.05, 0.1) is 6.04 Å². The van der Waals surface area contributed by atoms with E-state index in [1.165, 1.54) is 0 Å². The molecule has 2 rings (SSSR count). The second kappa shape index (κ2) is 7.28. The first kappa shape index (κ1) is 15.7. The number of piperazine rings is 1. The predicted octanol–water partition coefficient (Wildman–Crippen LogP) is 2.49. The molecule has 0 saturated carbocycles. The maximum Gasteiger partial charge on any atom is 0.115 e. The van der Waals surface area contributed by atoms with E-state index in [-0.39, 0.29) is 24.2 Å². The maximum atomic E-state index is 13.3. The number of benzene rings is 1. The lowest BCUT2D eigenvalue weighted by molar-refractivity contribution is 0.147. The summed E-state index contributed by atoms with van der Waals surface area (Å²) in [7, 11) is 0. The zero-order chi connectivity index (χ0) is 12.3. The minimum absolute atomic E-state index is 0. The fourth-order valence-electron chi connectivity index (χ4n) is 2.16. The number of hydrogen-bond acceptors (Lipinski definition) is 3. The summed E-state index contributed by atoms with van der Waals surface area (Å²) >= 11 is 3.42. The zero-order valence-corrected chi connectivity index (χ0v) is 12.3. The van der Waals surface area contributed by atoms with E-state index in [9.17, 15) is 9.50 Å². The van der Waals surface area contributed by atoms with Crippen molar-refractivity contribution in [2.24, 2.45) is 0 Å². The van der Waals surface area contributed by atoms with E-state index in [0.717, 1.165) is 36.2 Å². The molecule has 1 aromatic carbocycles. The molecule has 102 valence electrons. The first-order valence-corrected chi connectivity index (χ1v) is 6.51. The highest BCUT2D eigenvalue weighted by Gasteiger charge is 2.24. The van der Waals surface area contributed by atoms with Crippen molar-refractivity contribution in [3.8, 4) is 5.75 Å². The van der Waals surface area contributed by atoms with Gasteiger partial charge < -0.3 is 10.4 Å². The number of halogens is 3. The van der Waals surface area contributed by atoms with Crippen molar-refractivity contribution >= 4 is 28.3 Å². The van der Waals surface area contributed by atoms with E-state index >= 15 is 0 Å². The molecule has 6 heteroatoms. The Hall–Kier alpha value is -0.360. The SMILES string of the molecule is Cl.Oc1ccc(Br)c([C@H](CF)N2CCNCC2)c1. The first-order valence-electron chi connectivity index (χ1n) is 5.71. The quantitative estimate of drug-likeness (QED) is 0.888. The van der Waals surface area contributed by atoms with Crippen LogP contribution < -0.4 is 5.32 Å². The van der Waals surface area contributed by atoms with Crippen molar-refractivity contribution < 1.29 is 9.50 Å². The van der Waals surface area contributed by atoms with Gasteiger partial charge in [-0.25, -0.2) is 4.39 Å². The van der Waals surface area contributed by atoms with Crippen LogP contribution in [-0.4, -0.2) is 42.9 Å². The Morgan fingerprint density at radius 2 is 2.06 bits per heavy atom. The summed E-state index contributed by atoms with van der Waals surface area (Å²) in [6.45, 7) is 2.98. The Bertz CT molecular complexity index is 388. The van der Waals surface area contributed by atoms with E-state index in [1.807, 2.05) is 0 Å². The average Bonchev–Trinajstić information content (AvgIpc) is 2.36. The summed E-state index contributed by atoms with van der Waals surface area (Å²) in [6.07, 6.45) is 0. The third-order valence-corrected chi connectivity index (χ3v) is 3.80. The highest BCUT2D eigenvalue weighted by atomic mass is 79.9. The number of alkyl halides is 1. The molecule has 0 bridgehead atoms. The first-order chi connectivity index (χ1) is 8.22. The van der Waals surface area contributed by atoms with Crippen LogP contribution in [-0.2, 0) is 0 Å². The third-order valence-electron chi connectivity index (χ3n) is 3.08. The fraction of sp³-hybridized carbons (Fsp3) is 0.500. The molecule has 0 spiro atoms. The summed E-state index contributed by atoms with van der Waals surface area (Å²) in [4.78, 5) is 2.11. The lowest BCUT2D eigenvalue weighted by atomic mass is 10.1. The van der Waals surface area contributed by atoms with Crippen molar-refractivity contribution in [2.45, 2.75) is 6.04 Å². The molecule has 18 heavy (non-hydrogen) atoms. The van der Waals surface area contributed by atoms with Gasteiger partial charge >= 0.3 is 0 Å². The number of rotatable bonds is 3. The van der Waals surface area contributed by atoms with Gasteiger partial charge in [0.1, 0.15) is 12.4 Å². The highest BCUT2D eigenvalue weighted by molar-refractivity contribution is 9.10. The number of nitrogens with one attached hydrogen (secondary N) is 1. The molecule has 1 aliphatic rings. The second-order valence-corrected chi connectivity index (χ2v) is 5.02. The molecule has 1 aromatic rings. The minimum atomic E-state index is -0.442. The Morgan fingerprint density at radius 1 is 1.39 bits per heavy atom. The topological polar surface area (TPSA) is 35.5 Å². The van der Waals surface area contributed by atoms with Crippen LogP contribution in [0.5, 0.6) is 5.75 Å². The summed E-state index contributed by atoms with van der Waals surface area (Å²) in [6, 6.07) is 4.71. The molecule has 0 aromatic heterocycles. The van der Waals surface area contributed by atoms with Crippen LogP contribution in [0.3, 0.4) is 0 Å². The second-order valence-electron chi connectivity index (χ2n) is 4.16. The molecule has 1 heterocycles. The molecular weight excluding hydrogens is 323 g/mol. The molecule has 2 N–H and O–H groups in total. The molecule has 0 unspecified atom stereocenters. The molecule has 1 fully saturated rings. The van der Waals surface area contributed by atoms with E-state index in [4.69, 9.17) is 0 Å². The number of phenols is 1. The molecular formula is C12H17BrClFN2O. The summed E-state index contributed by atoms with van der Waals surface area (Å²) in [5.41, 5.74) is 0.814. The number of phenolic OH excluding ortho intramolecular Hbond substituents is 1. The van der Waals surface area contributed by atoms with E-state index in [0.29, 0.717) is 0 Å². The maximum absolute atomic E-state index is 13.3. The van der Waals surface area contributed by atoms with Crippen LogP contribution in [0.2, 0.25) is 0 Å². The third kappa shape index (κ3) is 3.57. The average molecular weight is 340 g/mol. The van der Waals surface area contributed by atoms with Gasteiger partial charge in [0.25, 0.3) is 0 Å². The molecule has 0 radical (unpaired) electrons.